The zero-order valence-corrected chi connectivity index (χ0v) is 14.1. The predicted octanol–water partition coefficient (Wildman–Crippen LogP) is 2.73. The Labute approximate surface area is 149 Å². The number of rotatable bonds is 7. The van der Waals surface area contributed by atoms with E-state index in [0.29, 0.717) is 24.1 Å². The Bertz CT molecular complexity index is 810. The van der Waals surface area contributed by atoms with Gasteiger partial charge in [-0.3, -0.25) is 19.9 Å². The highest BCUT2D eigenvalue weighted by molar-refractivity contribution is 6.35. The SMILES string of the molecule is CCc1cc(NC(C=O)NC(=O)O)c(C(=O)c2ccccc2Cl)cn1. The van der Waals surface area contributed by atoms with Crippen LogP contribution in [0.1, 0.15) is 28.5 Å². The van der Waals surface area contributed by atoms with Gasteiger partial charge in [0.15, 0.2) is 18.2 Å². The van der Waals surface area contributed by atoms with Crippen LogP contribution in [0.25, 0.3) is 0 Å². The van der Waals surface area contributed by atoms with E-state index in [9.17, 15) is 14.4 Å². The van der Waals surface area contributed by atoms with Crippen molar-refractivity contribution in [3.63, 3.8) is 0 Å². The predicted molar refractivity (Wildman–Crippen MR) is 93.1 cm³/mol. The molecule has 0 bridgehead atoms. The number of anilines is 1. The van der Waals surface area contributed by atoms with Crippen LogP contribution in [-0.2, 0) is 11.2 Å². The first kappa shape index (κ1) is 18.4. The summed E-state index contributed by atoms with van der Waals surface area (Å²) >= 11 is 6.07. The lowest BCUT2D eigenvalue weighted by Gasteiger charge is -2.17. The lowest BCUT2D eigenvalue weighted by molar-refractivity contribution is -0.108. The van der Waals surface area contributed by atoms with E-state index in [4.69, 9.17) is 16.7 Å². The van der Waals surface area contributed by atoms with Gasteiger partial charge in [0.05, 0.1) is 16.3 Å². The summed E-state index contributed by atoms with van der Waals surface area (Å²) in [7, 11) is 0. The molecule has 0 aliphatic rings. The number of carbonyl (C=O) groups is 3. The third kappa shape index (κ3) is 4.54. The number of aldehydes is 1. The monoisotopic (exact) mass is 361 g/mol. The minimum absolute atomic E-state index is 0.185. The number of aromatic nitrogens is 1. The maximum atomic E-state index is 12.8. The number of pyridine rings is 1. The Morgan fingerprint density at radius 3 is 2.64 bits per heavy atom. The van der Waals surface area contributed by atoms with Crippen molar-refractivity contribution < 1.29 is 19.5 Å². The van der Waals surface area contributed by atoms with Crippen molar-refractivity contribution in [3.05, 3.63) is 58.4 Å². The van der Waals surface area contributed by atoms with Crippen molar-refractivity contribution in [3.8, 4) is 0 Å². The number of aryl methyl sites for hydroxylation is 1. The average molecular weight is 362 g/mol. The first-order valence-corrected chi connectivity index (χ1v) is 7.83. The molecule has 130 valence electrons. The van der Waals surface area contributed by atoms with E-state index >= 15 is 0 Å². The Morgan fingerprint density at radius 1 is 1.32 bits per heavy atom. The van der Waals surface area contributed by atoms with E-state index in [2.05, 4.69) is 10.3 Å². The number of carboxylic acid groups (broad SMARTS) is 1. The molecular formula is C17H16ClN3O4. The van der Waals surface area contributed by atoms with Crippen LogP contribution in [0.2, 0.25) is 5.02 Å². The Hall–Kier alpha value is -2.93. The van der Waals surface area contributed by atoms with E-state index < -0.39 is 12.3 Å². The van der Waals surface area contributed by atoms with Gasteiger partial charge in [-0.2, -0.15) is 0 Å². The molecule has 0 fully saturated rings. The summed E-state index contributed by atoms with van der Waals surface area (Å²) < 4.78 is 0. The highest BCUT2D eigenvalue weighted by Gasteiger charge is 2.20. The summed E-state index contributed by atoms with van der Waals surface area (Å²) in [6, 6.07) is 8.16. The average Bonchev–Trinajstić information content (AvgIpc) is 2.60. The number of hydrogen-bond acceptors (Lipinski definition) is 5. The zero-order chi connectivity index (χ0) is 18.4. The van der Waals surface area contributed by atoms with Gasteiger partial charge in [0.2, 0.25) is 0 Å². The minimum atomic E-state index is -1.37. The van der Waals surface area contributed by atoms with Crippen LogP contribution in [0.4, 0.5) is 10.5 Å². The first-order valence-electron chi connectivity index (χ1n) is 7.45. The van der Waals surface area contributed by atoms with Gasteiger partial charge in [0.25, 0.3) is 0 Å². The number of carbonyl (C=O) groups excluding carboxylic acids is 2. The molecule has 0 saturated heterocycles. The molecule has 2 aromatic rings. The summed E-state index contributed by atoms with van der Waals surface area (Å²) in [5.41, 5.74) is 1.44. The lowest BCUT2D eigenvalue weighted by atomic mass is 10.0. The van der Waals surface area contributed by atoms with Gasteiger partial charge >= 0.3 is 6.09 Å². The largest absolute Gasteiger partial charge is 0.465 e. The maximum Gasteiger partial charge on any atom is 0.406 e. The number of nitrogens with zero attached hydrogens (tertiary/aromatic N) is 1. The Kier molecular flexibility index (Phi) is 6.08. The van der Waals surface area contributed by atoms with Crippen molar-refractivity contribution in [2.75, 3.05) is 5.32 Å². The van der Waals surface area contributed by atoms with E-state index in [1.165, 1.54) is 6.20 Å². The second kappa shape index (κ2) is 8.25. The molecule has 1 unspecified atom stereocenters. The van der Waals surface area contributed by atoms with Crippen LogP contribution in [0.15, 0.2) is 36.5 Å². The van der Waals surface area contributed by atoms with Crippen LogP contribution in [0.5, 0.6) is 0 Å². The summed E-state index contributed by atoms with van der Waals surface area (Å²) in [6.07, 6.45) is -0.192. The molecule has 0 spiro atoms. The van der Waals surface area contributed by atoms with Gasteiger partial charge in [-0.05, 0) is 24.6 Å². The number of halogens is 1. The lowest BCUT2D eigenvalue weighted by Crippen LogP contribution is -2.41. The van der Waals surface area contributed by atoms with E-state index in [1.54, 1.807) is 30.3 Å². The van der Waals surface area contributed by atoms with Gasteiger partial charge in [0, 0.05) is 17.5 Å². The summed E-state index contributed by atoms with van der Waals surface area (Å²) in [5, 5.41) is 13.8. The van der Waals surface area contributed by atoms with Crippen molar-refractivity contribution >= 4 is 35.5 Å². The number of hydrogen-bond donors (Lipinski definition) is 3. The van der Waals surface area contributed by atoms with Crippen molar-refractivity contribution in [2.24, 2.45) is 0 Å². The van der Waals surface area contributed by atoms with Gasteiger partial charge < -0.3 is 10.4 Å². The molecule has 3 N–H and O–H groups in total. The van der Waals surface area contributed by atoms with Crippen LogP contribution >= 0.6 is 11.6 Å². The molecule has 0 radical (unpaired) electrons. The van der Waals surface area contributed by atoms with Crippen LogP contribution in [0, 0.1) is 0 Å². The number of amides is 1. The second-order valence-electron chi connectivity index (χ2n) is 5.09. The molecule has 1 aromatic carbocycles. The highest BCUT2D eigenvalue weighted by Crippen LogP contribution is 2.24. The van der Waals surface area contributed by atoms with E-state index in [1.807, 2.05) is 12.2 Å². The molecule has 1 aromatic heterocycles. The normalized spacial score (nSPS) is 11.4. The van der Waals surface area contributed by atoms with Crippen molar-refractivity contribution in [1.29, 1.82) is 0 Å². The fourth-order valence-electron chi connectivity index (χ4n) is 2.19. The molecule has 1 amide bonds. The van der Waals surface area contributed by atoms with Gasteiger partial charge in [-0.15, -0.1) is 0 Å². The third-order valence-electron chi connectivity index (χ3n) is 3.41. The fraction of sp³-hybridized carbons (Fsp3) is 0.176. The van der Waals surface area contributed by atoms with E-state index in [0.717, 1.165) is 0 Å². The molecule has 2 rings (SSSR count). The smallest absolute Gasteiger partial charge is 0.406 e. The second-order valence-corrected chi connectivity index (χ2v) is 5.50. The number of benzene rings is 1. The molecular weight excluding hydrogens is 346 g/mol. The third-order valence-corrected chi connectivity index (χ3v) is 3.74. The van der Waals surface area contributed by atoms with Crippen molar-refractivity contribution in [2.45, 2.75) is 19.5 Å². The quantitative estimate of drug-likeness (QED) is 0.397. The first-order chi connectivity index (χ1) is 12.0. The summed E-state index contributed by atoms with van der Waals surface area (Å²) in [5.74, 6) is -0.386. The summed E-state index contributed by atoms with van der Waals surface area (Å²) in [6.45, 7) is 1.88. The van der Waals surface area contributed by atoms with Gasteiger partial charge in [-0.25, -0.2) is 4.79 Å². The fourth-order valence-corrected chi connectivity index (χ4v) is 2.41. The maximum absolute atomic E-state index is 12.8. The van der Waals surface area contributed by atoms with Crippen LogP contribution < -0.4 is 10.6 Å². The highest BCUT2D eigenvalue weighted by atomic mass is 35.5. The molecule has 25 heavy (non-hydrogen) atoms. The standard InChI is InChI=1S/C17H16ClN3O4/c1-2-10-7-14(20-15(9-22)21-17(24)25)12(8-19-10)16(23)11-5-3-4-6-13(11)18/h3-9,15,21H,2H2,1H3,(H,19,20)(H,24,25). The molecule has 1 heterocycles. The minimum Gasteiger partial charge on any atom is -0.465 e. The number of ketones is 1. The number of nitrogens with one attached hydrogen (secondary N) is 2. The Morgan fingerprint density at radius 2 is 2.04 bits per heavy atom. The summed E-state index contributed by atoms with van der Waals surface area (Å²) in [4.78, 5) is 38.8. The van der Waals surface area contributed by atoms with E-state index in [-0.39, 0.29) is 21.9 Å². The van der Waals surface area contributed by atoms with Crippen molar-refractivity contribution in [1.82, 2.24) is 10.3 Å². The molecule has 8 heteroatoms. The van der Waals surface area contributed by atoms with Crippen LogP contribution in [-0.4, -0.2) is 34.4 Å². The zero-order valence-electron chi connectivity index (χ0n) is 13.3. The molecule has 7 nitrogen and oxygen atoms in total. The topological polar surface area (TPSA) is 108 Å². The molecule has 0 aliphatic heterocycles. The molecule has 1 atom stereocenters. The Balaban J connectivity index is 2.44. The molecule has 0 saturated carbocycles. The van der Waals surface area contributed by atoms with Crippen LogP contribution in [0.3, 0.4) is 0 Å². The van der Waals surface area contributed by atoms with Gasteiger partial charge in [-0.1, -0.05) is 30.7 Å². The van der Waals surface area contributed by atoms with Gasteiger partial charge in [0.1, 0.15) is 0 Å². The molecule has 0 aliphatic carbocycles.